The molecule has 2 N–H and O–H groups in total. The van der Waals surface area contributed by atoms with Gasteiger partial charge in [-0.3, -0.25) is 9.59 Å². The number of fused-ring (bicyclic) bond motifs is 1. The summed E-state index contributed by atoms with van der Waals surface area (Å²) in [6.07, 6.45) is 4.24. The lowest BCUT2D eigenvalue weighted by Crippen LogP contribution is -2.22. The zero-order valence-electron chi connectivity index (χ0n) is 13.5. The molecule has 0 saturated heterocycles. The van der Waals surface area contributed by atoms with E-state index in [9.17, 15) is 19.8 Å². The van der Waals surface area contributed by atoms with Crippen molar-refractivity contribution < 1.29 is 19.8 Å². The number of hydrogen-bond donors (Lipinski definition) is 2. The van der Waals surface area contributed by atoms with Crippen LogP contribution in [0.15, 0.2) is 48.3 Å². The van der Waals surface area contributed by atoms with Crippen LogP contribution in [0.3, 0.4) is 0 Å². The zero-order chi connectivity index (χ0) is 17.4. The van der Waals surface area contributed by atoms with Gasteiger partial charge < -0.3 is 10.2 Å². The van der Waals surface area contributed by atoms with Gasteiger partial charge in [-0.1, -0.05) is 25.3 Å². The number of ketones is 2. The van der Waals surface area contributed by atoms with E-state index in [4.69, 9.17) is 0 Å². The second kappa shape index (κ2) is 6.11. The van der Waals surface area contributed by atoms with Crippen LogP contribution in [0, 0.1) is 0 Å². The zero-order valence-corrected chi connectivity index (χ0v) is 13.5. The highest BCUT2D eigenvalue weighted by atomic mass is 16.3. The minimum Gasteiger partial charge on any atom is -0.508 e. The number of benzene rings is 1. The molecule has 0 saturated carbocycles. The van der Waals surface area contributed by atoms with E-state index in [2.05, 4.69) is 13.2 Å². The van der Waals surface area contributed by atoms with Gasteiger partial charge in [-0.05, 0) is 36.5 Å². The molecule has 0 amide bonds. The van der Waals surface area contributed by atoms with E-state index < -0.39 is 0 Å². The Morgan fingerprint density at radius 3 is 2.58 bits per heavy atom. The van der Waals surface area contributed by atoms with Crippen molar-refractivity contribution in [2.24, 2.45) is 0 Å². The second-order valence-electron chi connectivity index (χ2n) is 6.30. The lowest BCUT2D eigenvalue weighted by Gasteiger charge is -2.29. The van der Waals surface area contributed by atoms with E-state index in [1.165, 1.54) is 0 Å². The fourth-order valence-corrected chi connectivity index (χ4v) is 3.86. The van der Waals surface area contributed by atoms with Gasteiger partial charge in [-0.15, -0.1) is 0 Å². The number of phenols is 1. The summed E-state index contributed by atoms with van der Waals surface area (Å²) in [4.78, 5) is 24.6. The van der Waals surface area contributed by atoms with Crippen molar-refractivity contribution >= 4 is 11.6 Å². The standard InChI is InChI=1S/C20H20O4/c1-3-12-13(7-10-18(24)19(12)11(2)21)14-8-9-16(22)15-5-4-6-17(23)20(14)15/h3,8-9,13,21-22H,1-2,4-7,10H2. The van der Waals surface area contributed by atoms with E-state index in [0.29, 0.717) is 36.0 Å². The molecule has 0 heterocycles. The predicted molar refractivity (Wildman–Crippen MR) is 91.3 cm³/mol. The van der Waals surface area contributed by atoms with Crippen molar-refractivity contribution in [3.8, 4) is 5.75 Å². The first kappa shape index (κ1) is 16.2. The first-order chi connectivity index (χ1) is 11.5. The highest BCUT2D eigenvalue weighted by Crippen LogP contribution is 2.43. The summed E-state index contributed by atoms with van der Waals surface area (Å²) < 4.78 is 0. The molecular formula is C20H20O4. The molecule has 2 aliphatic carbocycles. The third-order valence-electron chi connectivity index (χ3n) is 4.92. The van der Waals surface area contributed by atoms with E-state index in [1.807, 2.05) is 0 Å². The number of aromatic hydroxyl groups is 1. The largest absolute Gasteiger partial charge is 0.508 e. The Hall–Kier alpha value is -2.62. The molecule has 24 heavy (non-hydrogen) atoms. The van der Waals surface area contributed by atoms with E-state index >= 15 is 0 Å². The fraction of sp³-hybridized carbons (Fsp3) is 0.300. The molecule has 0 bridgehead atoms. The van der Waals surface area contributed by atoms with Crippen molar-refractivity contribution in [1.29, 1.82) is 0 Å². The Labute approximate surface area is 140 Å². The van der Waals surface area contributed by atoms with Gasteiger partial charge in [0.05, 0.1) is 5.57 Å². The van der Waals surface area contributed by atoms with Crippen molar-refractivity contribution in [1.82, 2.24) is 0 Å². The number of aliphatic hydroxyl groups is 1. The molecule has 1 aromatic carbocycles. The van der Waals surface area contributed by atoms with Crippen LogP contribution in [0.2, 0.25) is 0 Å². The van der Waals surface area contributed by atoms with Gasteiger partial charge in [0.1, 0.15) is 11.5 Å². The monoisotopic (exact) mass is 324 g/mol. The average Bonchev–Trinajstić information content (AvgIpc) is 2.55. The predicted octanol–water partition coefficient (Wildman–Crippen LogP) is 3.91. The normalized spacial score (nSPS) is 20.8. The Balaban J connectivity index is 2.23. The van der Waals surface area contributed by atoms with Crippen molar-refractivity contribution in [2.75, 3.05) is 0 Å². The number of phenolic OH excluding ortho intramolecular Hbond substituents is 1. The van der Waals surface area contributed by atoms with Crippen LogP contribution in [-0.2, 0) is 11.2 Å². The Kier molecular flexibility index (Phi) is 4.14. The molecule has 2 aliphatic rings. The molecular weight excluding hydrogens is 304 g/mol. The average molecular weight is 324 g/mol. The lowest BCUT2D eigenvalue weighted by molar-refractivity contribution is -0.116. The maximum absolute atomic E-state index is 12.5. The first-order valence-electron chi connectivity index (χ1n) is 8.11. The summed E-state index contributed by atoms with van der Waals surface area (Å²) in [6, 6.07) is 3.36. The number of carbonyl (C=O) groups excluding carboxylic acids is 2. The van der Waals surface area contributed by atoms with Crippen molar-refractivity contribution in [2.45, 2.75) is 38.0 Å². The summed E-state index contributed by atoms with van der Waals surface area (Å²) >= 11 is 0. The molecule has 3 rings (SSSR count). The maximum atomic E-state index is 12.5. The van der Waals surface area contributed by atoms with Crippen LogP contribution in [0.4, 0.5) is 0 Å². The van der Waals surface area contributed by atoms with Crippen LogP contribution in [-0.4, -0.2) is 21.8 Å². The molecule has 1 unspecified atom stereocenters. The third kappa shape index (κ3) is 2.48. The lowest BCUT2D eigenvalue weighted by atomic mass is 9.73. The van der Waals surface area contributed by atoms with Crippen LogP contribution in [0.1, 0.15) is 53.1 Å². The van der Waals surface area contributed by atoms with Crippen LogP contribution in [0.25, 0.3) is 0 Å². The number of rotatable bonds is 3. The molecule has 1 atom stereocenters. The Morgan fingerprint density at radius 1 is 1.17 bits per heavy atom. The van der Waals surface area contributed by atoms with E-state index in [0.717, 1.165) is 12.0 Å². The topological polar surface area (TPSA) is 74.6 Å². The fourth-order valence-electron chi connectivity index (χ4n) is 3.86. The number of Topliss-reactive ketones (excluding diaryl/α,β-unsaturated/α-hetero) is 2. The molecule has 1 aromatic rings. The molecule has 0 aromatic heterocycles. The summed E-state index contributed by atoms with van der Waals surface area (Å²) in [7, 11) is 0. The number of aliphatic hydroxyl groups excluding tert-OH is 1. The maximum Gasteiger partial charge on any atom is 0.166 e. The van der Waals surface area contributed by atoms with Crippen LogP contribution >= 0.6 is 0 Å². The minimum absolute atomic E-state index is 0.0202. The molecule has 0 spiro atoms. The van der Waals surface area contributed by atoms with Crippen LogP contribution in [0.5, 0.6) is 5.75 Å². The van der Waals surface area contributed by atoms with Crippen LogP contribution < -0.4 is 0 Å². The smallest absolute Gasteiger partial charge is 0.166 e. The van der Waals surface area contributed by atoms with Gasteiger partial charge in [-0.25, -0.2) is 0 Å². The summed E-state index contributed by atoms with van der Waals surface area (Å²) in [5, 5.41) is 19.9. The Morgan fingerprint density at radius 2 is 1.92 bits per heavy atom. The number of allylic oxidation sites excluding steroid dienone is 3. The van der Waals surface area contributed by atoms with Gasteiger partial charge >= 0.3 is 0 Å². The summed E-state index contributed by atoms with van der Waals surface area (Å²) in [6.45, 7) is 7.27. The minimum atomic E-state index is -0.265. The van der Waals surface area contributed by atoms with Gasteiger partial charge in [0.2, 0.25) is 0 Å². The van der Waals surface area contributed by atoms with Gasteiger partial charge in [0.25, 0.3) is 0 Å². The van der Waals surface area contributed by atoms with E-state index in [1.54, 1.807) is 18.2 Å². The SMILES string of the molecule is C=CC1=C(C(=C)O)C(=O)CCC1c1ccc(O)c2c1C(=O)CCC2. The molecule has 4 heteroatoms. The molecule has 124 valence electrons. The molecule has 0 radical (unpaired) electrons. The van der Waals surface area contributed by atoms with Gasteiger partial charge in [0, 0.05) is 29.9 Å². The number of carbonyl (C=O) groups is 2. The summed E-state index contributed by atoms with van der Waals surface area (Å²) in [5.41, 5.74) is 2.86. The van der Waals surface area contributed by atoms with Crippen molar-refractivity contribution in [3.63, 3.8) is 0 Å². The highest BCUT2D eigenvalue weighted by molar-refractivity contribution is 6.03. The molecule has 0 fully saturated rings. The second-order valence-corrected chi connectivity index (χ2v) is 6.30. The Bertz CT molecular complexity index is 798. The molecule has 4 nitrogen and oxygen atoms in total. The number of hydrogen-bond acceptors (Lipinski definition) is 4. The van der Waals surface area contributed by atoms with E-state index in [-0.39, 0.29) is 41.0 Å². The van der Waals surface area contributed by atoms with Gasteiger partial charge in [-0.2, -0.15) is 0 Å². The third-order valence-corrected chi connectivity index (χ3v) is 4.92. The van der Waals surface area contributed by atoms with Crippen molar-refractivity contribution in [3.05, 3.63) is 65.0 Å². The van der Waals surface area contributed by atoms with Gasteiger partial charge in [0.15, 0.2) is 11.6 Å². The molecule has 0 aliphatic heterocycles. The quantitative estimate of drug-likeness (QED) is 0.827. The first-order valence-corrected chi connectivity index (χ1v) is 8.11. The highest BCUT2D eigenvalue weighted by Gasteiger charge is 2.33. The summed E-state index contributed by atoms with van der Waals surface area (Å²) in [5.74, 6) is -0.474.